The number of amides is 2. The second-order valence-corrected chi connectivity index (χ2v) is 6.97. The van der Waals surface area contributed by atoms with Crippen molar-refractivity contribution in [1.82, 2.24) is 0 Å². The predicted molar refractivity (Wildman–Crippen MR) is 110 cm³/mol. The van der Waals surface area contributed by atoms with Gasteiger partial charge in [-0.25, -0.2) is 0 Å². The van der Waals surface area contributed by atoms with Crippen molar-refractivity contribution in [3.63, 3.8) is 0 Å². The maximum atomic E-state index is 12.3. The van der Waals surface area contributed by atoms with Gasteiger partial charge in [-0.2, -0.15) is 0 Å². The number of nitro benzene ring substituents is 1. The molecule has 1 heterocycles. The Balaban J connectivity index is 1.53. The third-order valence-corrected chi connectivity index (χ3v) is 4.73. The first kappa shape index (κ1) is 21.6. The fraction of sp³-hybridized carbons (Fsp3) is 0.238. The highest BCUT2D eigenvalue weighted by Gasteiger charge is 2.36. The molecule has 1 fully saturated rings. The molecule has 10 nitrogen and oxygen atoms in total. The molecule has 1 N–H and O–H groups in total. The number of nitro groups is 1. The number of ketones is 1. The van der Waals surface area contributed by atoms with E-state index in [1.807, 2.05) is 0 Å². The highest BCUT2D eigenvalue weighted by molar-refractivity contribution is 6.00. The molecule has 0 bridgehead atoms. The topological polar surface area (TPSA) is 136 Å². The van der Waals surface area contributed by atoms with E-state index >= 15 is 0 Å². The van der Waals surface area contributed by atoms with E-state index in [2.05, 4.69) is 5.32 Å². The minimum Gasteiger partial charge on any atom is -0.455 e. The SMILES string of the molecule is CC(=O)c1cccc(NC(=O)COC(=O)[C@@H]2CC(=O)N(c3ccc([N+](=O)[O-])cc3)C2)c1. The van der Waals surface area contributed by atoms with E-state index in [4.69, 9.17) is 4.74 Å². The van der Waals surface area contributed by atoms with Crippen molar-refractivity contribution in [1.29, 1.82) is 0 Å². The van der Waals surface area contributed by atoms with Gasteiger partial charge in [0.2, 0.25) is 5.91 Å². The number of ether oxygens (including phenoxy) is 1. The maximum absolute atomic E-state index is 12.3. The van der Waals surface area contributed by atoms with Crippen LogP contribution >= 0.6 is 0 Å². The molecule has 10 heteroatoms. The molecule has 0 radical (unpaired) electrons. The van der Waals surface area contributed by atoms with E-state index in [1.165, 1.54) is 42.2 Å². The number of benzene rings is 2. The highest BCUT2D eigenvalue weighted by Crippen LogP contribution is 2.27. The Morgan fingerprint density at radius 1 is 1.19 bits per heavy atom. The Morgan fingerprint density at radius 2 is 1.90 bits per heavy atom. The smallest absolute Gasteiger partial charge is 0.311 e. The van der Waals surface area contributed by atoms with Crippen molar-refractivity contribution in [2.75, 3.05) is 23.4 Å². The van der Waals surface area contributed by atoms with Crippen LogP contribution in [-0.2, 0) is 19.1 Å². The molecule has 2 aromatic carbocycles. The number of carbonyl (C=O) groups is 4. The lowest BCUT2D eigenvalue weighted by Gasteiger charge is -2.16. The van der Waals surface area contributed by atoms with Crippen molar-refractivity contribution in [3.8, 4) is 0 Å². The predicted octanol–water partition coefficient (Wildman–Crippen LogP) is 2.33. The van der Waals surface area contributed by atoms with Crippen molar-refractivity contribution >= 4 is 40.6 Å². The van der Waals surface area contributed by atoms with Gasteiger partial charge in [-0.3, -0.25) is 29.3 Å². The largest absolute Gasteiger partial charge is 0.455 e. The molecule has 1 atom stereocenters. The Kier molecular flexibility index (Phi) is 6.39. The van der Waals surface area contributed by atoms with Gasteiger partial charge < -0.3 is 15.0 Å². The second-order valence-electron chi connectivity index (χ2n) is 6.97. The summed E-state index contributed by atoms with van der Waals surface area (Å²) in [5.74, 6) is -2.49. The summed E-state index contributed by atoms with van der Waals surface area (Å²) in [5.41, 5.74) is 1.17. The zero-order valence-electron chi connectivity index (χ0n) is 16.6. The summed E-state index contributed by atoms with van der Waals surface area (Å²) in [4.78, 5) is 59.5. The summed E-state index contributed by atoms with van der Waals surface area (Å²) < 4.78 is 5.03. The van der Waals surface area contributed by atoms with Gasteiger partial charge in [0.05, 0.1) is 10.8 Å². The Labute approximate surface area is 176 Å². The zero-order valence-corrected chi connectivity index (χ0v) is 16.6. The van der Waals surface area contributed by atoms with Crippen LogP contribution in [0.5, 0.6) is 0 Å². The van der Waals surface area contributed by atoms with E-state index in [1.54, 1.807) is 18.2 Å². The lowest BCUT2D eigenvalue weighted by molar-refractivity contribution is -0.384. The molecular formula is C21H19N3O7. The molecule has 0 aromatic heterocycles. The van der Waals surface area contributed by atoms with Crippen LogP contribution in [0.1, 0.15) is 23.7 Å². The first-order chi connectivity index (χ1) is 14.7. The quantitative estimate of drug-likeness (QED) is 0.311. The van der Waals surface area contributed by atoms with Gasteiger partial charge in [-0.05, 0) is 31.2 Å². The van der Waals surface area contributed by atoms with E-state index in [0.29, 0.717) is 16.9 Å². The number of esters is 1. The van der Waals surface area contributed by atoms with Crippen molar-refractivity contribution in [3.05, 3.63) is 64.2 Å². The molecule has 1 aliphatic heterocycles. The molecule has 2 amide bonds. The number of non-ortho nitro benzene ring substituents is 1. The molecule has 0 spiro atoms. The number of rotatable bonds is 7. The molecule has 1 saturated heterocycles. The first-order valence-corrected chi connectivity index (χ1v) is 9.37. The Bertz CT molecular complexity index is 1050. The third-order valence-electron chi connectivity index (χ3n) is 4.73. The van der Waals surface area contributed by atoms with Crippen LogP contribution in [0.25, 0.3) is 0 Å². The van der Waals surface area contributed by atoms with Gasteiger partial charge in [0.25, 0.3) is 11.6 Å². The normalized spacial score (nSPS) is 15.5. The molecule has 160 valence electrons. The van der Waals surface area contributed by atoms with Crippen LogP contribution in [-0.4, -0.2) is 41.6 Å². The monoisotopic (exact) mass is 425 g/mol. The number of nitrogens with zero attached hydrogens (tertiary/aromatic N) is 2. The minimum absolute atomic E-state index is 0.0533. The van der Waals surface area contributed by atoms with Crippen LogP contribution in [0.4, 0.5) is 17.1 Å². The number of hydrogen-bond donors (Lipinski definition) is 1. The number of Topliss-reactive ketones (excluding diaryl/α,β-unsaturated/α-hetero) is 1. The molecule has 0 aliphatic carbocycles. The van der Waals surface area contributed by atoms with Crippen molar-refractivity contribution in [2.45, 2.75) is 13.3 Å². The average molecular weight is 425 g/mol. The van der Waals surface area contributed by atoms with Crippen molar-refractivity contribution in [2.24, 2.45) is 5.92 Å². The van der Waals surface area contributed by atoms with Crippen LogP contribution in [0.2, 0.25) is 0 Å². The molecular weight excluding hydrogens is 406 g/mol. The second kappa shape index (κ2) is 9.16. The lowest BCUT2D eigenvalue weighted by Crippen LogP contribution is -2.28. The van der Waals surface area contributed by atoms with Gasteiger partial charge in [0.1, 0.15) is 0 Å². The van der Waals surface area contributed by atoms with Gasteiger partial charge in [-0.15, -0.1) is 0 Å². The van der Waals surface area contributed by atoms with Gasteiger partial charge >= 0.3 is 5.97 Å². The highest BCUT2D eigenvalue weighted by atomic mass is 16.6. The number of hydrogen-bond acceptors (Lipinski definition) is 7. The summed E-state index contributed by atoms with van der Waals surface area (Å²) in [6, 6.07) is 11.8. The molecule has 2 aromatic rings. The van der Waals surface area contributed by atoms with E-state index in [9.17, 15) is 29.3 Å². The summed E-state index contributed by atoms with van der Waals surface area (Å²) in [7, 11) is 0. The number of anilines is 2. The van der Waals surface area contributed by atoms with Crippen LogP contribution in [0.3, 0.4) is 0 Å². The van der Waals surface area contributed by atoms with Crippen molar-refractivity contribution < 1.29 is 28.8 Å². The molecule has 1 aliphatic rings. The zero-order chi connectivity index (χ0) is 22.5. The van der Waals surface area contributed by atoms with Gasteiger partial charge in [-0.1, -0.05) is 12.1 Å². The summed E-state index contributed by atoms with van der Waals surface area (Å²) in [5, 5.41) is 13.3. The summed E-state index contributed by atoms with van der Waals surface area (Å²) in [6.45, 7) is 0.925. The fourth-order valence-electron chi connectivity index (χ4n) is 3.14. The summed E-state index contributed by atoms with van der Waals surface area (Å²) >= 11 is 0. The molecule has 0 saturated carbocycles. The lowest BCUT2D eigenvalue weighted by atomic mass is 10.1. The standard InChI is InChI=1S/C21H19N3O7/c1-13(25)14-3-2-4-16(9-14)22-19(26)12-31-21(28)15-10-20(27)23(11-15)17-5-7-18(8-6-17)24(29)30/h2-9,15H,10-12H2,1H3,(H,22,26)/t15-/m1/s1. The molecule has 0 unspecified atom stereocenters. The average Bonchev–Trinajstić information content (AvgIpc) is 3.14. The number of nitrogens with one attached hydrogen (secondary N) is 1. The Hall–Kier alpha value is -4.08. The van der Waals surface area contributed by atoms with E-state index < -0.39 is 29.3 Å². The first-order valence-electron chi connectivity index (χ1n) is 9.37. The van der Waals surface area contributed by atoms with E-state index in [-0.39, 0.29) is 30.3 Å². The third kappa shape index (κ3) is 5.30. The van der Waals surface area contributed by atoms with E-state index in [0.717, 1.165) is 0 Å². The van der Waals surface area contributed by atoms with Gasteiger partial charge in [0, 0.05) is 42.0 Å². The maximum Gasteiger partial charge on any atom is 0.311 e. The minimum atomic E-state index is -0.753. The summed E-state index contributed by atoms with van der Waals surface area (Å²) in [6.07, 6.45) is -0.0852. The van der Waals surface area contributed by atoms with Crippen LogP contribution < -0.4 is 10.2 Å². The fourth-order valence-corrected chi connectivity index (χ4v) is 3.14. The molecule has 3 rings (SSSR count). The van der Waals surface area contributed by atoms with Crippen LogP contribution in [0.15, 0.2) is 48.5 Å². The molecule has 31 heavy (non-hydrogen) atoms. The Morgan fingerprint density at radius 3 is 2.55 bits per heavy atom. The van der Waals surface area contributed by atoms with Crippen LogP contribution in [0, 0.1) is 16.0 Å². The van der Waals surface area contributed by atoms with Gasteiger partial charge in [0.15, 0.2) is 12.4 Å². The number of carbonyl (C=O) groups excluding carboxylic acids is 4.